The van der Waals surface area contributed by atoms with Crippen LogP contribution in [0.4, 0.5) is 0 Å². The molecule has 0 saturated heterocycles. The van der Waals surface area contributed by atoms with Crippen LogP contribution in [0, 0.1) is 20.8 Å². The Morgan fingerprint density at radius 2 is 1.23 bits per heavy atom. The topological polar surface area (TPSA) is 61.8 Å². The summed E-state index contributed by atoms with van der Waals surface area (Å²) in [4.78, 5) is 22.9. The highest BCUT2D eigenvalue weighted by Crippen LogP contribution is 2.46. The fraction of sp³-hybridized carbons (Fsp3) is 0.429. The van der Waals surface area contributed by atoms with Crippen LogP contribution in [0.1, 0.15) is 37.5 Å². The highest BCUT2D eigenvalue weighted by atomic mass is 16.5. The molecule has 0 atom stereocenters. The predicted octanol–water partition coefficient (Wildman–Crippen LogP) is 4.10. The number of hydrogen-bond acceptors (Lipinski definition) is 5. The van der Waals surface area contributed by atoms with Crippen molar-refractivity contribution in [3.8, 4) is 17.2 Å². The summed E-state index contributed by atoms with van der Waals surface area (Å²) in [7, 11) is 0. The SMILES string of the molecule is CCOc1c(C)c(OCC(C)=O)c2cc(C)c(C)cc2c1OCC(C)=O. The number of Topliss-reactive ketones (excluding diaryl/α,β-unsaturated/α-hetero) is 2. The molecule has 5 heteroatoms. The predicted molar refractivity (Wildman–Crippen MR) is 102 cm³/mol. The van der Waals surface area contributed by atoms with Gasteiger partial charge in [-0.3, -0.25) is 9.59 Å². The number of hydrogen-bond donors (Lipinski definition) is 0. The number of fused-ring (bicyclic) bond motifs is 1. The Morgan fingerprint density at radius 1 is 0.769 bits per heavy atom. The lowest BCUT2D eigenvalue weighted by Gasteiger charge is -2.21. The standard InChI is InChI=1S/C21H26O5/c1-7-24-20-16(6)19(25-10-14(4)22)17-8-12(2)13(3)9-18(17)21(20)26-11-15(5)23/h8-9H,7,10-11H2,1-6H3. The number of ether oxygens (including phenoxy) is 3. The van der Waals surface area contributed by atoms with E-state index in [9.17, 15) is 9.59 Å². The molecule has 0 fully saturated rings. The van der Waals surface area contributed by atoms with Crippen molar-refractivity contribution in [3.05, 3.63) is 28.8 Å². The molecule has 0 aliphatic heterocycles. The smallest absolute Gasteiger partial charge is 0.170 e. The van der Waals surface area contributed by atoms with Gasteiger partial charge in [-0.15, -0.1) is 0 Å². The van der Waals surface area contributed by atoms with Crippen molar-refractivity contribution in [3.63, 3.8) is 0 Å². The van der Waals surface area contributed by atoms with Gasteiger partial charge in [0, 0.05) is 16.3 Å². The lowest BCUT2D eigenvalue weighted by Crippen LogP contribution is -2.11. The third-order valence-electron chi connectivity index (χ3n) is 4.14. The summed E-state index contributed by atoms with van der Waals surface area (Å²) in [6.07, 6.45) is 0. The number of benzene rings is 2. The van der Waals surface area contributed by atoms with E-state index in [0.717, 1.165) is 27.5 Å². The molecule has 140 valence electrons. The monoisotopic (exact) mass is 358 g/mol. The largest absolute Gasteiger partial charge is 0.490 e. The summed E-state index contributed by atoms with van der Waals surface area (Å²) in [5.41, 5.74) is 2.95. The molecular weight excluding hydrogens is 332 g/mol. The second-order valence-corrected chi connectivity index (χ2v) is 6.51. The van der Waals surface area contributed by atoms with Crippen LogP contribution in [0.15, 0.2) is 12.1 Å². The highest BCUT2D eigenvalue weighted by Gasteiger charge is 2.22. The Kier molecular flexibility index (Phi) is 6.24. The fourth-order valence-electron chi connectivity index (χ4n) is 2.78. The molecule has 0 heterocycles. The zero-order chi connectivity index (χ0) is 19.4. The number of rotatable bonds is 8. The zero-order valence-electron chi connectivity index (χ0n) is 16.3. The van der Waals surface area contributed by atoms with Crippen LogP contribution in [-0.2, 0) is 9.59 Å². The van der Waals surface area contributed by atoms with E-state index >= 15 is 0 Å². The highest BCUT2D eigenvalue weighted by molar-refractivity contribution is 5.98. The first-order valence-electron chi connectivity index (χ1n) is 8.71. The van der Waals surface area contributed by atoms with Gasteiger partial charge in [0.25, 0.3) is 0 Å². The number of ketones is 2. The molecule has 0 saturated carbocycles. The van der Waals surface area contributed by atoms with Crippen molar-refractivity contribution in [1.29, 1.82) is 0 Å². The van der Waals surface area contributed by atoms with Crippen LogP contribution in [0.2, 0.25) is 0 Å². The van der Waals surface area contributed by atoms with Gasteiger partial charge < -0.3 is 14.2 Å². The average molecular weight is 358 g/mol. The van der Waals surface area contributed by atoms with Gasteiger partial charge in [-0.05, 0) is 64.8 Å². The minimum Gasteiger partial charge on any atom is -0.490 e. The van der Waals surface area contributed by atoms with E-state index in [0.29, 0.717) is 23.9 Å². The van der Waals surface area contributed by atoms with Crippen molar-refractivity contribution in [1.82, 2.24) is 0 Å². The first-order chi connectivity index (χ1) is 12.3. The van der Waals surface area contributed by atoms with E-state index in [-0.39, 0.29) is 24.8 Å². The zero-order valence-corrected chi connectivity index (χ0v) is 16.3. The second kappa shape index (κ2) is 8.21. The molecule has 0 N–H and O–H groups in total. The van der Waals surface area contributed by atoms with Crippen molar-refractivity contribution in [2.24, 2.45) is 0 Å². The van der Waals surface area contributed by atoms with Gasteiger partial charge in [0.05, 0.1) is 6.61 Å². The van der Waals surface area contributed by atoms with Crippen LogP contribution >= 0.6 is 0 Å². The summed E-state index contributed by atoms with van der Waals surface area (Å²) < 4.78 is 17.5. The maximum absolute atomic E-state index is 11.4. The molecule has 0 bridgehead atoms. The van der Waals surface area contributed by atoms with Gasteiger partial charge in [-0.2, -0.15) is 0 Å². The van der Waals surface area contributed by atoms with Crippen molar-refractivity contribution in [2.45, 2.75) is 41.5 Å². The summed E-state index contributed by atoms with van der Waals surface area (Å²) in [6, 6.07) is 4.02. The van der Waals surface area contributed by atoms with Gasteiger partial charge in [0.2, 0.25) is 0 Å². The van der Waals surface area contributed by atoms with Gasteiger partial charge >= 0.3 is 0 Å². The van der Waals surface area contributed by atoms with Gasteiger partial charge in [0.15, 0.2) is 23.1 Å². The van der Waals surface area contributed by atoms with E-state index < -0.39 is 0 Å². The average Bonchev–Trinajstić information content (AvgIpc) is 2.56. The molecule has 0 unspecified atom stereocenters. The molecule has 2 rings (SSSR count). The van der Waals surface area contributed by atoms with E-state index in [1.807, 2.05) is 39.8 Å². The minimum atomic E-state index is -0.0704. The first-order valence-corrected chi connectivity index (χ1v) is 8.71. The minimum absolute atomic E-state index is 0.0118. The van der Waals surface area contributed by atoms with Crippen LogP contribution in [0.5, 0.6) is 17.2 Å². The Balaban J connectivity index is 2.78. The van der Waals surface area contributed by atoms with E-state index in [1.54, 1.807) is 0 Å². The molecule has 2 aromatic rings. The molecule has 26 heavy (non-hydrogen) atoms. The van der Waals surface area contributed by atoms with Crippen LogP contribution < -0.4 is 14.2 Å². The normalized spacial score (nSPS) is 10.7. The Hall–Kier alpha value is -2.56. The van der Waals surface area contributed by atoms with Crippen molar-refractivity contribution < 1.29 is 23.8 Å². The number of carbonyl (C=O) groups is 2. The molecule has 0 amide bonds. The molecule has 0 aliphatic rings. The molecule has 0 aliphatic carbocycles. The summed E-state index contributed by atoms with van der Waals surface area (Å²) in [5.74, 6) is 1.56. The Bertz CT molecular complexity index is 852. The fourth-order valence-corrected chi connectivity index (χ4v) is 2.78. The second-order valence-electron chi connectivity index (χ2n) is 6.51. The third-order valence-corrected chi connectivity index (χ3v) is 4.14. The van der Waals surface area contributed by atoms with E-state index in [1.165, 1.54) is 13.8 Å². The summed E-state index contributed by atoms with van der Waals surface area (Å²) >= 11 is 0. The van der Waals surface area contributed by atoms with Gasteiger partial charge in [-0.1, -0.05) is 0 Å². The maximum atomic E-state index is 11.4. The quantitative estimate of drug-likeness (QED) is 0.711. The number of aryl methyl sites for hydroxylation is 2. The van der Waals surface area contributed by atoms with Crippen LogP contribution in [-0.4, -0.2) is 31.4 Å². The van der Waals surface area contributed by atoms with Crippen LogP contribution in [0.25, 0.3) is 10.8 Å². The third kappa shape index (κ3) is 4.15. The number of carbonyl (C=O) groups excluding carboxylic acids is 2. The van der Waals surface area contributed by atoms with Gasteiger partial charge in [-0.25, -0.2) is 0 Å². The Labute approximate surface area is 154 Å². The lowest BCUT2D eigenvalue weighted by molar-refractivity contribution is -0.119. The van der Waals surface area contributed by atoms with Gasteiger partial charge in [0.1, 0.15) is 19.0 Å². The van der Waals surface area contributed by atoms with Crippen molar-refractivity contribution >= 4 is 22.3 Å². The molecule has 2 aromatic carbocycles. The van der Waals surface area contributed by atoms with E-state index in [2.05, 4.69) is 0 Å². The molecule has 0 aromatic heterocycles. The molecule has 0 spiro atoms. The summed E-state index contributed by atoms with van der Waals surface area (Å²) in [6.45, 7) is 11.2. The van der Waals surface area contributed by atoms with E-state index in [4.69, 9.17) is 14.2 Å². The maximum Gasteiger partial charge on any atom is 0.170 e. The lowest BCUT2D eigenvalue weighted by atomic mass is 9.98. The molecular formula is C21H26O5. The molecule has 0 radical (unpaired) electrons. The summed E-state index contributed by atoms with van der Waals surface area (Å²) in [5, 5.41) is 1.65. The molecule has 5 nitrogen and oxygen atoms in total. The first kappa shape index (κ1) is 19.8. The van der Waals surface area contributed by atoms with Crippen LogP contribution in [0.3, 0.4) is 0 Å². The van der Waals surface area contributed by atoms with Crippen molar-refractivity contribution in [2.75, 3.05) is 19.8 Å². The Morgan fingerprint density at radius 3 is 1.69 bits per heavy atom.